The van der Waals surface area contributed by atoms with Gasteiger partial charge < -0.3 is 29.9 Å². The van der Waals surface area contributed by atoms with Gasteiger partial charge >= 0.3 is 0 Å². The summed E-state index contributed by atoms with van der Waals surface area (Å²) >= 11 is 0. The summed E-state index contributed by atoms with van der Waals surface area (Å²) in [5.41, 5.74) is -1.17. The molecule has 3 aromatic rings. The third kappa shape index (κ3) is 3.88. The fourth-order valence-corrected chi connectivity index (χ4v) is 8.06. The zero-order valence-electron chi connectivity index (χ0n) is 24.3. The predicted molar refractivity (Wildman–Crippen MR) is 155 cm³/mol. The molecule has 3 heterocycles. The van der Waals surface area contributed by atoms with Gasteiger partial charge in [0.2, 0.25) is 5.82 Å². The summed E-state index contributed by atoms with van der Waals surface area (Å²) in [7, 11) is 0. The standard InChI is InChI=1S/C33H36N4O6/c1-31(2,30-34-28(36-43-30)19-7-4-3-5-8-19)35-29(40)21-16-32(41)23-15-20-11-12-22(38)25-24(20)26(32)33(42-25,27(21)39)13-6-14-37(23)17-18-9-10-18/h3-5,7-8,11-12,18,23,26,38-39,41H,6,9-10,13-17H2,1-2H3,(H,35,40)/t23-,26?,32-,33-/m1/s1. The Morgan fingerprint density at radius 2 is 1.95 bits per heavy atom. The topological polar surface area (TPSA) is 141 Å². The molecule has 8 rings (SSSR count). The number of aliphatic hydroxyl groups excluding tert-OH is 1. The van der Waals surface area contributed by atoms with Crippen LogP contribution in [0.15, 0.2) is 58.3 Å². The van der Waals surface area contributed by atoms with Gasteiger partial charge in [-0.15, -0.1) is 0 Å². The summed E-state index contributed by atoms with van der Waals surface area (Å²) in [5, 5.41) is 42.8. The average Bonchev–Trinajstić information content (AvgIpc) is 3.51. The summed E-state index contributed by atoms with van der Waals surface area (Å²) < 4.78 is 12.1. The summed E-state index contributed by atoms with van der Waals surface area (Å²) in [6.07, 6.45) is 4.03. The van der Waals surface area contributed by atoms with Crippen LogP contribution in [0.3, 0.4) is 0 Å². The molecule has 4 bridgehead atoms. The number of hydrogen-bond donors (Lipinski definition) is 4. The first-order valence-corrected chi connectivity index (χ1v) is 15.3. The van der Waals surface area contributed by atoms with Crippen LogP contribution in [-0.4, -0.2) is 66.6 Å². The smallest absolute Gasteiger partial charge is 0.252 e. The molecule has 4 atom stereocenters. The number of likely N-dealkylation sites (tertiary alicyclic amines) is 1. The average molecular weight is 585 g/mol. The van der Waals surface area contributed by atoms with Crippen molar-refractivity contribution >= 4 is 5.91 Å². The molecule has 224 valence electrons. The van der Waals surface area contributed by atoms with Crippen LogP contribution < -0.4 is 10.1 Å². The van der Waals surface area contributed by atoms with Crippen molar-refractivity contribution in [1.82, 2.24) is 20.4 Å². The molecule has 0 radical (unpaired) electrons. The Bertz CT molecular complexity index is 1660. The Morgan fingerprint density at radius 1 is 1.16 bits per heavy atom. The molecule has 0 spiro atoms. The van der Waals surface area contributed by atoms with Crippen molar-refractivity contribution in [3.63, 3.8) is 0 Å². The molecule has 10 heteroatoms. The molecule has 1 saturated carbocycles. The number of amides is 1. The van der Waals surface area contributed by atoms with Crippen LogP contribution in [-0.2, 0) is 16.8 Å². The summed E-state index contributed by atoms with van der Waals surface area (Å²) in [4.78, 5) is 21.1. The van der Waals surface area contributed by atoms with Crippen LogP contribution in [0, 0.1) is 5.92 Å². The minimum atomic E-state index is -1.39. The van der Waals surface area contributed by atoms with Crippen molar-refractivity contribution in [2.75, 3.05) is 13.1 Å². The van der Waals surface area contributed by atoms with E-state index in [1.807, 2.05) is 36.4 Å². The monoisotopic (exact) mass is 584 g/mol. The number of ether oxygens (including phenoxy) is 1. The van der Waals surface area contributed by atoms with Crippen LogP contribution >= 0.6 is 0 Å². The second-order valence-corrected chi connectivity index (χ2v) is 13.5. The van der Waals surface area contributed by atoms with Crippen molar-refractivity contribution in [1.29, 1.82) is 0 Å². The Morgan fingerprint density at radius 3 is 2.72 bits per heavy atom. The molecule has 10 nitrogen and oxygen atoms in total. The van der Waals surface area contributed by atoms with E-state index in [4.69, 9.17) is 9.26 Å². The second kappa shape index (κ2) is 9.06. The van der Waals surface area contributed by atoms with E-state index in [0.29, 0.717) is 36.8 Å². The lowest BCUT2D eigenvalue weighted by atomic mass is 9.55. The fraction of sp³-hybridized carbons (Fsp3) is 0.485. The molecule has 1 amide bonds. The predicted octanol–water partition coefficient (Wildman–Crippen LogP) is 4.09. The highest BCUT2D eigenvalue weighted by Gasteiger charge is 2.70. The SMILES string of the molecule is CC(C)(NC(=O)C1=C(O)[C@@]23CCCN(CC4CC4)[C@@H]4Cc5ccc(O)c(c5C2[C@@]4(O)C1)O3)c1nc(-c2ccccc2)no1. The summed E-state index contributed by atoms with van der Waals surface area (Å²) in [5.74, 6) is 0.218. The number of hydrogen-bond acceptors (Lipinski definition) is 9. The highest BCUT2D eigenvalue weighted by Crippen LogP contribution is 2.65. The molecular formula is C33H36N4O6. The molecule has 43 heavy (non-hydrogen) atoms. The van der Waals surface area contributed by atoms with Gasteiger partial charge in [-0.25, -0.2) is 0 Å². The Labute approximate surface area is 249 Å². The highest BCUT2D eigenvalue weighted by molar-refractivity contribution is 5.95. The third-order valence-corrected chi connectivity index (χ3v) is 10.3. The molecule has 1 unspecified atom stereocenters. The summed E-state index contributed by atoms with van der Waals surface area (Å²) in [6.45, 7) is 5.19. The number of phenols is 1. The normalized spacial score (nSPS) is 29.6. The first-order chi connectivity index (χ1) is 20.6. The van der Waals surface area contributed by atoms with Crippen molar-refractivity contribution in [3.05, 3.63) is 70.8 Å². The maximum atomic E-state index is 14.1. The van der Waals surface area contributed by atoms with E-state index in [9.17, 15) is 20.1 Å². The number of phenolic OH excluding ortho intramolecular Hbond substituents is 1. The highest BCUT2D eigenvalue weighted by atomic mass is 16.5. The number of rotatable bonds is 6. The first-order valence-electron chi connectivity index (χ1n) is 15.3. The zero-order valence-corrected chi connectivity index (χ0v) is 24.3. The van der Waals surface area contributed by atoms with E-state index < -0.39 is 28.6 Å². The lowest BCUT2D eigenvalue weighted by Gasteiger charge is -2.57. The van der Waals surface area contributed by atoms with Gasteiger partial charge in [0.25, 0.3) is 11.8 Å². The molecule has 1 aromatic heterocycles. The van der Waals surface area contributed by atoms with E-state index in [1.54, 1.807) is 19.9 Å². The van der Waals surface area contributed by atoms with Gasteiger partial charge in [-0.2, -0.15) is 4.98 Å². The zero-order chi connectivity index (χ0) is 29.7. The molecule has 2 aliphatic heterocycles. The number of aliphatic hydroxyl groups is 2. The quantitative estimate of drug-likeness (QED) is 0.337. The minimum Gasteiger partial charge on any atom is -0.508 e. The third-order valence-electron chi connectivity index (χ3n) is 10.3. The number of aromatic hydroxyl groups is 1. The van der Waals surface area contributed by atoms with E-state index in [0.717, 1.165) is 29.8 Å². The van der Waals surface area contributed by atoms with E-state index in [1.165, 1.54) is 12.8 Å². The fourth-order valence-electron chi connectivity index (χ4n) is 8.06. The van der Waals surface area contributed by atoms with Gasteiger partial charge in [0.1, 0.15) is 11.3 Å². The summed E-state index contributed by atoms with van der Waals surface area (Å²) in [6, 6.07) is 12.7. The van der Waals surface area contributed by atoms with Crippen molar-refractivity contribution in [3.8, 4) is 22.9 Å². The molecule has 3 aliphatic carbocycles. The van der Waals surface area contributed by atoms with Crippen molar-refractivity contribution in [2.24, 2.45) is 5.92 Å². The number of carbonyl (C=O) groups is 1. The lowest BCUT2D eigenvalue weighted by Crippen LogP contribution is -2.68. The van der Waals surface area contributed by atoms with E-state index in [-0.39, 0.29) is 35.4 Å². The van der Waals surface area contributed by atoms with Crippen LogP contribution in [0.2, 0.25) is 0 Å². The van der Waals surface area contributed by atoms with Crippen LogP contribution in [0.1, 0.15) is 68.9 Å². The first kappa shape index (κ1) is 26.7. The van der Waals surface area contributed by atoms with Crippen molar-refractivity contribution in [2.45, 2.75) is 81.1 Å². The van der Waals surface area contributed by atoms with E-state index >= 15 is 0 Å². The van der Waals surface area contributed by atoms with Gasteiger partial charge in [0, 0.05) is 30.1 Å². The largest absolute Gasteiger partial charge is 0.508 e. The number of nitrogens with one attached hydrogen (secondary N) is 1. The number of nitrogens with zero attached hydrogens (tertiary/aromatic N) is 3. The number of benzene rings is 2. The molecule has 1 saturated heterocycles. The van der Waals surface area contributed by atoms with Gasteiger partial charge in [-0.3, -0.25) is 9.69 Å². The Kier molecular flexibility index (Phi) is 5.63. The second-order valence-electron chi connectivity index (χ2n) is 13.5. The van der Waals surface area contributed by atoms with Crippen LogP contribution in [0.25, 0.3) is 11.4 Å². The molecule has 2 aromatic carbocycles. The molecule has 5 aliphatic rings. The van der Waals surface area contributed by atoms with E-state index in [2.05, 4.69) is 20.4 Å². The Hall–Kier alpha value is -3.89. The van der Waals surface area contributed by atoms with Crippen LogP contribution in [0.5, 0.6) is 11.5 Å². The maximum Gasteiger partial charge on any atom is 0.252 e. The molecule has 4 N–H and O–H groups in total. The Balaban J connectivity index is 1.19. The molecule has 2 fully saturated rings. The van der Waals surface area contributed by atoms with Gasteiger partial charge in [-0.05, 0) is 70.0 Å². The van der Waals surface area contributed by atoms with Gasteiger partial charge in [0.05, 0.1) is 17.1 Å². The maximum absolute atomic E-state index is 14.1. The van der Waals surface area contributed by atoms with Gasteiger partial charge in [0.15, 0.2) is 17.1 Å². The lowest BCUT2D eigenvalue weighted by molar-refractivity contribution is -0.143. The minimum absolute atomic E-state index is 0.0204. The van der Waals surface area contributed by atoms with Gasteiger partial charge in [-0.1, -0.05) is 41.6 Å². The molecular weight excluding hydrogens is 548 g/mol. The van der Waals surface area contributed by atoms with Crippen LogP contribution in [0.4, 0.5) is 0 Å². The number of carbonyl (C=O) groups excluding carboxylic acids is 1. The van der Waals surface area contributed by atoms with Crippen molar-refractivity contribution < 1.29 is 29.4 Å². The number of aromatic nitrogens is 2.